The van der Waals surface area contributed by atoms with Crippen molar-refractivity contribution in [3.8, 4) is 0 Å². The van der Waals surface area contributed by atoms with Crippen molar-refractivity contribution < 1.29 is 18.0 Å². The van der Waals surface area contributed by atoms with Gasteiger partial charge in [0.15, 0.2) is 0 Å². The lowest BCUT2D eigenvalue weighted by molar-refractivity contribution is -0.137. The van der Waals surface area contributed by atoms with Crippen LogP contribution in [0.5, 0.6) is 0 Å². The lowest BCUT2D eigenvalue weighted by atomic mass is 10.1. The van der Waals surface area contributed by atoms with Crippen molar-refractivity contribution in [2.45, 2.75) is 25.9 Å². The molecular formula is C29H28F3N5O. The van der Waals surface area contributed by atoms with Crippen molar-refractivity contribution in [2.75, 3.05) is 36.4 Å². The molecule has 0 bridgehead atoms. The third-order valence-corrected chi connectivity index (χ3v) is 6.72. The maximum atomic E-state index is 13.1. The highest BCUT2D eigenvalue weighted by atomic mass is 19.4. The molecule has 0 radical (unpaired) electrons. The number of hydrogen-bond donors (Lipinski definition) is 1. The van der Waals surface area contributed by atoms with Crippen LogP contribution in [0.15, 0.2) is 73.1 Å². The van der Waals surface area contributed by atoms with E-state index in [2.05, 4.69) is 33.2 Å². The molecule has 0 spiro atoms. The van der Waals surface area contributed by atoms with Crippen molar-refractivity contribution in [3.63, 3.8) is 0 Å². The topological polar surface area (TPSA) is 61.4 Å². The fourth-order valence-corrected chi connectivity index (χ4v) is 4.68. The van der Waals surface area contributed by atoms with Gasteiger partial charge in [-0.3, -0.25) is 9.78 Å². The second kappa shape index (κ2) is 10.7. The number of anilines is 3. The lowest BCUT2D eigenvalue weighted by Gasteiger charge is -2.35. The third kappa shape index (κ3) is 5.56. The molecule has 5 rings (SSSR count). The molecule has 0 saturated carbocycles. The Morgan fingerprint density at radius 2 is 1.66 bits per heavy atom. The first-order valence-corrected chi connectivity index (χ1v) is 12.6. The number of nitrogens with zero attached hydrogens (tertiary/aromatic N) is 4. The molecule has 0 unspecified atom stereocenters. The first-order valence-electron chi connectivity index (χ1n) is 12.6. The van der Waals surface area contributed by atoms with Gasteiger partial charge in [-0.05, 0) is 66.6 Å². The van der Waals surface area contributed by atoms with Gasteiger partial charge < -0.3 is 15.1 Å². The van der Waals surface area contributed by atoms with E-state index in [1.165, 1.54) is 17.8 Å². The van der Waals surface area contributed by atoms with Crippen LogP contribution in [0.2, 0.25) is 0 Å². The summed E-state index contributed by atoms with van der Waals surface area (Å²) in [6.45, 7) is 4.82. The number of pyridine rings is 2. The Balaban J connectivity index is 1.23. The predicted octanol–water partition coefficient (Wildman–Crippen LogP) is 6.31. The van der Waals surface area contributed by atoms with Gasteiger partial charge in [0.25, 0.3) is 5.91 Å². The highest BCUT2D eigenvalue weighted by molar-refractivity contribution is 5.96. The first kappa shape index (κ1) is 25.5. The molecule has 1 saturated heterocycles. The Bertz CT molecular complexity index is 1430. The van der Waals surface area contributed by atoms with E-state index in [-0.39, 0.29) is 11.4 Å². The Labute approximate surface area is 219 Å². The molecule has 9 heteroatoms. The van der Waals surface area contributed by atoms with Crippen molar-refractivity contribution in [1.82, 2.24) is 14.9 Å². The van der Waals surface area contributed by atoms with E-state index in [0.717, 1.165) is 49.6 Å². The van der Waals surface area contributed by atoms with Crippen LogP contribution in [-0.2, 0) is 12.6 Å². The third-order valence-electron chi connectivity index (χ3n) is 6.72. The van der Waals surface area contributed by atoms with Crippen LogP contribution in [0, 0.1) is 0 Å². The molecule has 38 heavy (non-hydrogen) atoms. The molecule has 1 amide bonds. The number of aromatic nitrogens is 2. The zero-order valence-electron chi connectivity index (χ0n) is 21.0. The number of piperazine rings is 1. The quantitative estimate of drug-likeness (QED) is 0.324. The molecule has 4 aromatic rings. The molecule has 0 aliphatic carbocycles. The molecule has 1 aliphatic heterocycles. The van der Waals surface area contributed by atoms with E-state index >= 15 is 0 Å². The van der Waals surface area contributed by atoms with Crippen LogP contribution in [-0.4, -0.2) is 47.0 Å². The second-order valence-corrected chi connectivity index (χ2v) is 9.34. The number of carbonyl (C=O) groups excluding carboxylic acids is 1. The summed E-state index contributed by atoms with van der Waals surface area (Å²) < 4.78 is 39.2. The zero-order chi connectivity index (χ0) is 26.7. The van der Waals surface area contributed by atoms with Gasteiger partial charge in [0, 0.05) is 60.9 Å². The van der Waals surface area contributed by atoms with Crippen LogP contribution in [0.25, 0.3) is 10.9 Å². The van der Waals surface area contributed by atoms with Gasteiger partial charge >= 0.3 is 6.18 Å². The van der Waals surface area contributed by atoms with Gasteiger partial charge in [0.1, 0.15) is 5.82 Å². The minimum atomic E-state index is -4.43. The highest BCUT2D eigenvalue weighted by Crippen LogP contribution is 2.33. The molecule has 1 aliphatic rings. The van der Waals surface area contributed by atoms with Gasteiger partial charge in [-0.2, -0.15) is 13.2 Å². The van der Waals surface area contributed by atoms with Gasteiger partial charge in [-0.15, -0.1) is 0 Å². The molecule has 1 fully saturated rings. The number of amides is 1. The summed E-state index contributed by atoms with van der Waals surface area (Å²) in [6, 6.07) is 16.5. The number of aryl methyl sites for hydroxylation is 1. The summed E-state index contributed by atoms with van der Waals surface area (Å²) in [7, 11) is 0. The monoisotopic (exact) mass is 519 g/mol. The van der Waals surface area contributed by atoms with E-state index in [9.17, 15) is 18.0 Å². The number of halogens is 3. The van der Waals surface area contributed by atoms with Gasteiger partial charge in [0.2, 0.25) is 0 Å². The summed E-state index contributed by atoms with van der Waals surface area (Å²) in [6.07, 6.45) is 1.00. The molecule has 2 aromatic carbocycles. The Kier molecular flexibility index (Phi) is 7.18. The van der Waals surface area contributed by atoms with E-state index < -0.39 is 11.7 Å². The van der Waals surface area contributed by atoms with Gasteiger partial charge in [-0.25, -0.2) is 4.98 Å². The van der Waals surface area contributed by atoms with Crippen LogP contribution < -0.4 is 10.2 Å². The van der Waals surface area contributed by atoms with E-state index in [0.29, 0.717) is 29.7 Å². The average Bonchev–Trinajstić information content (AvgIpc) is 2.93. The van der Waals surface area contributed by atoms with Gasteiger partial charge in [0.05, 0.1) is 11.1 Å². The summed E-state index contributed by atoms with van der Waals surface area (Å²) in [5.41, 5.74) is 2.73. The van der Waals surface area contributed by atoms with Crippen molar-refractivity contribution in [3.05, 3.63) is 89.7 Å². The maximum absolute atomic E-state index is 13.1. The molecule has 2 aromatic heterocycles. The van der Waals surface area contributed by atoms with E-state index in [4.69, 9.17) is 0 Å². The standard InChI is InChI=1S/C29H28F3N5O/c1-2-3-20-10-12-34-27(18-20)36-14-16-37(17-15-36)28(38)21-4-7-23(8-5-21)35-25-11-13-33-26-19-22(29(30,31)32)6-9-24(25)26/h4-13,18-19H,2-3,14-17H2,1H3,(H,33,35). The normalized spacial score (nSPS) is 14.1. The summed E-state index contributed by atoms with van der Waals surface area (Å²) >= 11 is 0. The van der Waals surface area contributed by atoms with Crippen LogP contribution in [0.1, 0.15) is 34.8 Å². The van der Waals surface area contributed by atoms with Crippen molar-refractivity contribution in [1.29, 1.82) is 0 Å². The average molecular weight is 520 g/mol. The van der Waals surface area contributed by atoms with Crippen molar-refractivity contribution in [2.24, 2.45) is 0 Å². The minimum Gasteiger partial charge on any atom is -0.355 e. The SMILES string of the molecule is CCCc1ccnc(N2CCN(C(=O)c3ccc(Nc4ccnc5cc(C(F)(F)F)ccc45)cc3)CC2)c1. The molecule has 3 heterocycles. The molecule has 0 atom stereocenters. The smallest absolute Gasteiger partial charge is 0.355 e. The van der Waals surface area contributed by atoms with Crippen LogP contribution in [0.3, 0.4) is 0 Å². The summed E-state index contributed by atoms with van der Waals surface area (Å²) in [5, 5.41) is 3.81. The van der Waals surface area contributed by atoms with Crippen molar-refractivity contribution >= 4 is 34.0 Å². The Morgan fingerprint density at radius 3 is 2.37 bits per heavy atom. The number of fused-ring (bicyclic) bond motifs is 1. The van der Waals surface area contributed by atoms with Gasteiger partial charge in [-0.1, -0.05) is 19.4 Å². The maximum Gasteiger partial charge on any atom is 0.416 e. The fraction of sp³-hybridized carbons (Fsp3) is 0.276. The molecule has 196 valence electrons. The van der Waals surface area contributed by atoms with Crippen LogP contribution >= 0.6 is 0 Å². The zero-order valence-corrected chi connectivity index (χ0v) is 21.0. The van der Waals surface area contributed by atoms with Crippen LogP contribution in [0.4, 0.5) is 30.4 Å². The Hall–Kier alpha value is -4.14. The molecule has 1 N–H and O–H groups in total. The Morgan fingerprint density at radius 1 is 0.921 bits per heavy atom. The first-order chi connectivity index (χ1) is 18.3. The number of rotatable bonds is 6. The largest absolute Gasteiger partial charge is 0.416 e. The fourth-order valence-electron chi connectivity index (χ4n) is 4.68. The second-order valence-electron chi connectivity index (χ2n) is 9.34. The predicted molar refractivity (Wildman–Crippen MR) is 143 cm³/mol. The highest BCUT2D eigenvalue weighted by Gasteiger charge is 2.30. The number of hydrogen-bond acceptors (Lipinski definition) is 5. The lowest BCUT2D eigenvalue weighted by Crippen LogP contribution is -2.49. The van der Waals surface area contributed by atoms with E-state index in [1.54, 1.807) is 30.3 Å². The minimum absolute atomic E-state index is 0.0297. The summed E-state index contributed by atoms with van der Waals surface area (Å²) in [5.74, 6) is 0.926. The number of carbonyl (C=O) groups is 1. The van der Waals surface area contributed by atoms with E-state index in [1.807, 2.05) is 17.2 Å². The number of nitrogens with one attached hydrogen (secondary N) is 1. The molecular weight excluding hydrogens is 491 g/mol. The summed E-state index contributed by atoms with van der Waals surface area (Å²) in [4.78, 5) is 25.8. The molecule has 6 nitrogen and oxygen atoms in total. The number of benzene rings is 2. The number of alkyl halides is 3.